The smallest absolute Gasteiger partial charge is 0.223 e. The van der Waals surface area contributed by atoms with Crippen molar-refractivity contribution in [3.05, 3.63) is 36.2 Å². The molecule has 0 fully saturated rings. The first-order valence-electron chi connectivity index (χ1n) is 4.22. The predicted molar refractivity (Wildman–Crippen MR) is 59.8 cm³/mol. The minimum absolute atomic E-state index is 0.134. The number of para-hydroxylation sites is 1. The fourth-order valence-corrected chi connectivity index (χ4v) is 1.38. The molecule has 0 saturated heterocycles. The van der Waals surface area contributed by atoms with Gasteiger partial charge in [-0.15, -0.1) is 0 Å². The Hall–Kier alpha value is -1.95. The summed E-state index contributed by atoms with van der Waals surface area (Å²) in [5.74, 6) is 0.581. The summed E-state index contributed by atoms with van der Waals surface area (Å²) in [4.78, 5) is 4.26. The highest BCUT2D eigenvalue weighted by atomic mass is 32.1. The van der Waals surface area contributed by atoms with Crippen LogP contribution in [0.25, 0.3) is 0 Å². The minimum atomic E-state index is 0.134. The third-order valence-corrected chi connectivity index (χ3v) is 2.12. The lowest BCUT2D eigenvalue weighted by molar-refractivity contribution is 0.474. The van der Waals surface area contributed by atoms with Gasteiger partial charge in [0.25, 0.3) is 0 Å². The topological polar surface area (TPSA) is 73.8 Å². The third-order valence-electron chi connectivity index (χ3n) is 1.80. The van der Waals surface area contributed by atoms with E-state index in [1.807, 2.05) is 0 Å². The fourth-order valence-electron chi connectivity index (χ4n) is 1.11. The molecular formula is C9H8N4OS. The van der Waals surface area contributed by atoms with E-state index in [-0.39, 0.29) is 5.75 Å². The molecule has 0 atom stereocenters. The van der Waals surface area contributed by atoms with E-state index < -0.39 is 0 Å². The van der Waals surface area contributed by atoms with Gasteiger partial charge in [-0.25, -0.2) is 5.10 Å². The second-order valence-electron chi connectivity index (χ2n) is 2.81. The van der Waals surface area contributed by atoms with Gasteiger partial charge in [0.15, 0.2) is 0 Å². The van der Waals surface area contributed by atoms with Crippen LogP contribution < -0.4 is 5.32 Å². The molecule has 0 aliphatic carbocycles. The molecule has 0 bridgehead atoms. The Kier molecular flexibility index (Phi) is 2.59. The molecule has 0 aliphatic heterocycles. The molecule has 0 aliphatic rings. The largest absolute Gasteiger partial charge is 0.507 e. The maximum atomic E-state index is 9.54. The number of nitrogens with one attached hydrogen (secondary N) is 2. The summed E-state index contributed by atoms with van der Waals surface area (Å²) in [6.07, 6.45) is 1.37. The van der Waals surface area contributed by atoms with E-state index in [4.69, 9.17) is 12.2 Å². The van der Waals surface area contributed by atoms with Crippen LogP contribution in [0.3, 0.4) is 0 Å². The molecule has 5 nitrogen and oxygen atoms in total. The zero-order chi connectivity index (χ0) is 10.7. The Morgan fingerprint density at radius 1 is 1.40 bits per heavy atom. The monoisotopic (exact) mass is 220 g/mol. The van der Waals surface area contributed by atoms with E-state index in [0.717, 1.165) is 0 Å². The molecule has 2 rings (SSSR count). The van der Waals surface area contributed by atoms with Crippen molar-refractivity contribution in [2.24, 2.45) is 0 Å². The number of phenolic OH excluding ortho intramolecular Hbond substituents is 1. The molecule has 1 heterocycles. The summed E-state index contributed by atoms with van der Waals surface area (Å²) in [6.45, 7) is 0. The molecule has 15 heavy (non-hydrogen) atoms. The second kappa shape index (κ2) is 4.05. The number of H-pyrrole nitrogens is 1. The van der Waals surface area contributed by atoms with Gasteiger partial charge in [0, 0.05) is 0 Å². The Bertz CT molecular complexity index is 469. The van der Waals surface area contributed by atoms with Gasteiger partial charge in [0.1, 0.15) is 17.1 Å². The number of anilines is 1. The van der Waals surface area contributed by atoms with Crippen molar-refractivity contribution in [1.82, 2.24) is 15.2 Å². The van der Waals surface area contributed by atoms with Gasteiger partial charge in [0.05, 0.1) is 5.56 Å². The van der Waals surface area contributed by atoms with Crippen LogP contribution in [0.5, 0.6) is 5.75 Å². The molecule has 6 heteroatoms. The van der Waals surface area contributed by atoms with Crippen LogP contribution >= 0.6 is 12.2 Å². The zero-order valence-electron chi connectivity index (χ0n) is 7.64. The number of phenols is 1. The van der Waals surface area contributed by atoms with E-state index in [9.17, 15) is 5.11 Å². The Morgan fingerprint density at radius 3 is 2.87 bits per heavy atom. The lowest BCUT2D eigenvalue weighted by Crippen LogP contribution is -2.11. The number of hydrogen-bond acceptors (Lipinski definition) is 4. The highest BCUT2D eigenvalue weighted by molar-refractivity contribution is 7.81. The van der Waals surface area contributed by atoms with E-state index in [1.165, 1.54) is 6.33 Å². The maximum Gasteiger partial charge on any atom is 0.223 e. The molecule has 3 N–H and O–H groups in total. The van der Waals surface area contributed by atoms with Gasteiger partial charge in [-0.2, -0.15) is 10.1 Å². The number of aromatic amines is 1. The minimum Gasteiger partial charge on any atom is -0.507 e. The number of nitrogens with zero attached hydrogens (tertiary/aromatic N) is 2. The summed E-state index contributed by atoms with van der Waals surface area (Å²) in [5.41, 5.74) is 0.559. The van der Waals surface area contributed by atoms with Gasteiger partial charge in [0.2, 0.25) is 5.95 Å². The van der Waals surface area contributed by atoms with E-state index in [1.54, 1.807) is 24.3 Å². The zero-order valence-corrected chi connectivity index (χ0v) is 8.45. The first kappa shape index (κ1) is 9.60. The molecule has 0 amide bonds. The van der Waals surface area contributed by atoms with Crippen LogP contribution in [0.4, 0.5) is 5.95 Å². The maximum absolute atomic E-state index is 9.54. The molecule has 0 radical (unpaired) electrons. The number of hydrogen-bond donors (Lipinski definition) is 3. The van der Waals surface area contributed by atoms with Crippen molar-refractivity contribution in [2.45, 2.75) is 0 Å². The third kappa shape index (κ3) is 2.10. The van der Waals surface area contributed by atoms with Gasteiger partial charge >= 0.3 is 0 Å². The SMILES string of the molecule is Oc1ccccc1C(=S)Nc1ncn[nH]1. The van der Waals surface area contributed by atoms with E-state index in [0.29, 0.717) is 16.5 Å². The highest BCUT2D eigenvalue weighted by Gasteiger charge is 2.07. The lowest BCUT2D eigenvalue weighted by atomic mass is 10.2. The molecule has 1 aromatic carbocycles. The summed E-state index contributed by atoms with van der Waals surface area (Å²) in [5, 5.41) is 18.6. The van der Waals surface area contributed by atoms with Crippen molar-refractivity contribution in [3.8, 4) is 5.75 Å². The second-order valence-corrected chi connectivity index (χ2v) is 3.21. The summed E-state index contributed by atoms with van der Waals surface area (Å²) in [6, 6.07) is 6.82. The summed E-state index contributed by atoms with van der Waals surface area (Å²) < 4.78 is 0. The van der Waals surface area contributed by atoms with Gasteiger partial charge in [-0.1, -0.05) is 24.4 Å². The van der Waals surface area contributed by atoms with Crippen LogP contribution in [-0.2, 0) is 0 Å². The molecular weight excluding hydrogens is 212 g/mol. The van der Waals surface area contributed by atoms with Crippen molar-refractivity contribution >= 4 is 23.2 Å². The van der Waals surface area contributed by atoms with Crippen LogP contribution in [-0.4, -0.2) is 25.3 Å². The molecule has 2 aromatic rings. The average molecular weight is 220 g/mol. The summed E-state index contributed by atoms with van der Waals surface area (Å²) in [7, 11) is 0. The van der Waals surface area contributed by atoms with Gasteiger partial charge in [-0.05, 0) is 12.1 Å². The number of rotatable bonds is 2. The van der Waals surface area contributed by atoms with Crippen LogP contribution in [0.2, 0.25) is 0 Å². The predicted octanol–water partition coefficient (Wildman–Crippen LogP) is 1.30. The van der Waals surface area contributed by atoms with Crippen molar-refractivity contribution < 1.29 is 5.11 Å². The molecule has 0 saturated carbocycles. The van der Waals surface area contributed by atoms with E-state index >= 15 is 0 Å². The number of thiocarbonyl (C=S) groups is 1. The molecule has 76 valence electrons. The Balaban J connectivity index is 2.19. The molecule has 0 unspecified atom stereocenters. The normalized spacial score (nSPS) is 9.87. The lowest BCUT2D eigenvalue weighted by Gasteiger charge is -2.05. The Morgan fingerprint density at radius 2 is 2.20 bits per heavy atom. The highest BCUT2D eigenvalue weighted by Crippen LogP contribution is 2.17. The van der Waals surface area contributed by atoms with Crippen LogP contribution in [0.15, 0.2) is 30.6 Å². The average Bonchev–Trinajstić information content (AvgIpc) is 2.71. The van der Waals surface area contributed by atoms with Crippen molar-refractivity contribution in [2.75, 3.05) is 5.32 Å². The Labute approximate surface area is 91.2 Å². The quantitative estimate of drug-likeness (QED) is 0.665. The van der Waals surface area contributed by atoms with Crippen LogP contribution in [0, 0.1) is 0 Å². The molecule has 0 spiro atoms. The number of benzene rings is 1. The molecule has 1 aromatic heterocycles. The van der Waals surface area contributed by atoms with Crippen LogP contribution in [0.1, 0.15) is 5.56 Å². The van der Waals surface area contributed by atoms with E-state index in [2.05, 4.69) is 20.5 Å². The van der Waals surface area contributed by atoms with Crippen molar-refractivity contribution in [3.63, 3.8) is 0 Å². The summed E-state index contributed by atoms with van der Waals surface area (Å²) >= 11 is 5.10. The first-order chi connectivity index (χ1) is 7.27. The standard InChI is InChI=1S/C9H8N4OS/c14-7-4-2-1-3-6(7)8(15)12-9-10-5-11-13-9/h1-5,14H,(H2,10,11,12,13,15). The fraction of sp³-hybridized carbons (Fsp3) is 0. The first-order valence-corrected chi connectivity index (χ1v) is 4.63. The van der Waals surface area contributed by atoms with Gasteiger partial charge in [-0.3, -0.25) is 0 Å². The number of aromatic nitrogens is 3. The number of aromatic hydroxyl groups is 1. The van der Waals surface area contributed by atoms with Gasteiger partial charge < -0.3 is 10.4 Å². The van der Waals surface area contributed by atoms with Crippen molar-refractivity contribution in [1.29, 1.82) is 0 Å².